The average molecular weight is 1350 g/mol. The molecule has 0 fully saturated rings. The van der Waals surface area contributed by atoms with Crippen molar-refractivity contribution in [2.45, 2.75) is 394 Å². The quantitative estimate of drug-likeness (QED) is 0.0222. The van der Waals surface area contributed by atoms with Gasteiger partial charge in [-0.15, -0.1) is 0 Å². The second-order valence-electron chi connectivity index (χ2n) is 27.1. The van der Waals surface area contributed by atoms with E-state index >= 15 is 0 Å². The van der Waals surface area contributed by atoms with Crippen LogP contribution in [0.4, 0.5) is 0 Å². The molecular weight excluding hydrogens is 1210 g/mol. The number of unbranched alkanes of at least 4 members (excludes halogenated alkanes) is 41. The lowest BCUT2D eigenvalue weighted by Gasteiger charge is -2.21. The molecule has 546 valence electrons. The van der Waals surface area contributed by atoms with E-state index in [1.807, 2.05) is 0 Å². The molecule has 3 N–H and O–H groups in total. The van der Waals surface area contributed by atoms with Gasteiger partial charge < -0.3 is 33.8 Å². The van der Waals surface area contributed by atoms with Crippen molar-refractivity contribution in [2.24, 2.45) is 11.8 Å². The molecule has 92 heavy (non-hydrogen) atoms. The molecular formula is C73H142O17P2. The third-order valence-corrected chi connectivity index (χ3v) is 19.2. The lowest BCUT2D eigenvalue weighted by molar-refractivity contribution is -0.161. The fourth-order valence-corrected chi connectivity index (χ4v) is 12.7. The number of esters is 4. The summed E-state index contributed by atoms with van der Waals surface area (Å²) >= 11 is 0. The normalized spacial score (nSPS) is 14.4. The average Bonchev–Trinajstić information content (AvgIpc) is 3.74. The monoisotopic (exact) mass is 1350 g/mol. The molecule has 0 rings (SSSR count). The summed E-state index contributed by atoms with van der Waals surface area (Å²) in [6, 6.07) is 0. The van der Waals surface area contributed by atoms with Crippen molar-refractivity contribution in [1.82, 2.24) is 0 Å². The van der Waals surface area contributed by atoms with E-state index in [2.05, 4.69) is 41.5 Å². The summed E-state index contributed by atoms with van der Waals surface area (Å²) in [5.74, 6) is -0.679. The number of hydrogen-bond acceptors (Lipinski definition) is 15. The first kappa shape index (κ1) is 90.1. The zero-order chi connectivity index (χ0) is 67.9. The van der Waals surface area contributed by atoms with Crippen LogP contribution in [-0.2, 0) is 65.4 Å². The molecule has 6 atom stereocenters. The molecule has 3 unspecified atom stereocenters. The number of hydrogen-bond donors (Lipinski definition) is 3. The van der Waals surface area contributed by atoms with E-state index in [0.717, 1.165) is 102 Å². The molecule has 0 aliphatic carbocycles. The van der Waals surface area contributed by atoms with Gasteiger partial charge in [0.1, 0.15) is 19.3 Å². The third kappa shape index (κ3) is 65.4. The lowest BCUT2D eigenvalue weighted by atomic mass is 10.00. The number of phosphoric acid groups is 2. The Labute approximate surface area is 562 Å². The Bertz CT molecular complexity index is 1790. The van der Waals surface area contributed by atoms with E-state index < -0.39 is 97.5 Å². The molecule has 0 saturated carbocycles. The first-order valence-electron chi connectivity index (χ1n) is 38.0. The minimum absolute atomic E-state index is 0.103. The van der Waals surface area contributed by atoms with Gasteiger partial charge >= 0.3 is 39.5 Å². The largest absolute Gasteiger partial charge is 0.472 e. The van der Waals surface area contributed by atoms with Crippen LogP contribution < -0.4 is 0 Å². The number of ether oxygens (including phenoxy) is 4. The molecule has 0 aromatic rings. The SMILES string of the molecule is CCCCCCCCCCCCCCCCCCCCCCCC(=O)O[C@H](COC(=O)CCCCCCCCCCC(C)C)COP(=O)(O)OC[C@@H](O)COP(=O)(O)OC[C@@H](COC(=O)CCCCCCCCCCCC)OC(=O)CCCCCCCCC(C)CC. The van der Waals surface area contributed by atoms with Crippen molar-refractivity contribution < 1.29 is 80.2 Å². The van der Waals surface area contributed by atoms with Crippen molar-refractivity contribution in [1.29, 1.82) is 0 Å². The highest BCUT2D eigenvalue weighted by atomic mass is 31.2. The Morgan fingerprint density at radius 3 is 0.826 bits per heavy atom. The van der Waals surface area contributed by atoms with Gasteiger partial charge in [-0.25, -0.2) is 9.13 Å². The van der Waals surface area contributed by atoms with Gasteiger partial charge in [0, 0.05) is 25.7 Å². The van der Waals surface area contributed by atoms with Crippen LogP contribution in [0.2, 0.25) is 0 Å². The highest BCUT2D eigenvalue weighted by Gasteiger charge is 2.30. The Morgan fingerprint density at radius 1 is 0.315 bits per heavy atom. The van der Waals surface area contributed by atoms with Crippen molar-refractivity contribution in [2.75, 3.05) is 39.6 Å². The van der Waals surface area contributed by atoms with Crippen molar-refractivity contribution >= 4 is 39.5 Å². The number of aliphatic hydroxyl groups excluding tert-OH is 1. The molecule has 0 heterocycles. The number of rotatable bonds is 72. The van der Waals surface area contributed by atoms with Crippen LogP contribution in [0.1, 0.15) is 375 Å². The van der Waals surface area contributed by atoms with Gasteiger partial charge in [-0.1, -0.05) is 324 Å². The molecule has 0 radical (unpaired) electrons. The van der Waals surface area contributed by atoms with E-state index in [1.54, 1.807) is 0 Å². The van der Waals surface area contributed by atoms with Gasteiger partial charge in [0.15, 0.2) is 12.2 Å². The summed E-state index contributed by atoms with van der Waals surface area (Å²) in [7, 11) is -9.90. The summed E-state index contributed by atoms with van der Waals surface area (Å²) < 4.78 is 68.3. The van der Waals surface area contributed by atoms with Gasteiger partial charge in [-0.3, -0.25) is 37.3 Å². The second-order valence-corrected chi connectivity index (χ2v) is 30.0. The van der Waals surface area contributed by atoms with Gasteiger partial charge in [0.25, 0.3) is 0 Å². The molecule has 0 amide bonds. The van der Waals surface area contributed by atoms with Crippen LogP contribution in [0.3, 0.4) is 0 Å². The van der Waals surface area contributed by atoms with Gasteiger partial charge in [-0.2, -0.15) is 0 Å². The second kappa shape index (κ2) is 65.0. The maximum atomic E-state index is 13.0. The fourth-order valence-electron chi connectivity index (χ4n) is 11.1. The van der Waals surface area contributed by atoms with E-state index in [9.17, 15) is 43.2 Å². The molecule has 0 aromatic carbocycles. The third-order valence-electron chi connectivity index (χ3n) is 17.3. The molecule has 0 saturated heterocycles. The molecule has 0 bridgehead atoms. The highest BCUT2D eigenvalue weighted by molar-refractivity contribution is 7.47. The van der Waals surface area contributed by atoms with Gasteiger partial charge in [-0.05, 0) is 37.5 Å². The Hall–Kier alpha value is -1.94. The summed E-state index contributed by atoms with van der Waals surface area (Å²) in [5, 5.41) is 10.6. The maximum absolute atomic E-state index is 13.0. The van der Waals surface area contributed by atoms with Crippen LogP contribution in [0, 0.1) is 11.8 Å². The lowest BCUT2D eigenvalue weighted by Crippen LogP contribution is -2.30. The Balaban J connectivity index is 5.17. The predicted molar refractivity (Wildman–Crippen MR) is 372 cm³/mol. The maximum Gasteiger partial charge on any atom is 0.472 e. The number of aliphatic hydroxyl groups is 1. The van der Waals surface area contributed by atoms with E-state index in [0.29, 0.717) is 25.7 Å². The summed E-state index contributed by atoms with van der Waals surface area (Å²) in [5.41, 5.74) is 0. The van der Waals surface area contributed by atoms with Crippen LogP contribution in [-0.4, -0.2) is 96.7 Å². The predicted octanol–water partition coefficient (Wildman–Crippen LogP) is 21.2. The van der Waals surface area contributed by atoms with E-state index in [1.165, 1.54) is 193 Å². The summed E-state index contributed by atoms with van der Waals surface area (Å²) in [4.78, 5) is 72.6. The standard InChI is InChI=1S/C73H142O17P2/c1-7-10-12-14-16-18-20-21-22-23-24-25-26-27-28-29-30-32-38-45-51-57-72(77)89-68(61-84-71(76)56-50-44-37-34-33-35-41-47-53-65(4)5)63-87-91(79,80)85-59-67(74)60-86-92(81,82)88-64-69(90-73(78)58-52-46-40-39-42-48-54-66(6)9-3)62-83-70(75)55-49-43-36-31-19-17-15-13-11-8-2/h65-69,74H,7-64H2,1-6H3,(H,79,80)(H,81,82)/t66?,67-,68-,69-/m1/s1. The molecule has 0 aliphatic heterocycles. The molecule has 17 nitrogen and oxygen atoms in total. The highest BCUT2D eigenvalue weighted by Crippen LogP contribution is 2.45. The minimum Gasteiger partial charge on any atom is -0.462 e. The van der Waals surface area contributed by atoms with Crippen LogP contribution in [0.25, 0.3) is 0 Å². The van der Waals surface area contributed by atoms with Gasteiger partial charge in [0.05, 0.1) is 26.4 Å². The smallest absolute Gasteiger partial charge is 0.462 e. The zero-order valence-electron chi connectivity index (χ0n) is 59.9. The molecule has 0 aromatic heterocycles. The first-order valence-corrected chi connectivity index (χ1v) is 41.0. The van der Waals surface area contributed by atoms with Crippen LogP contribution in [0.15, 0.2) is 0 Å². The molecule has 0 spiro atoms. The Kier molecular flexibility index (Phi) is 63.7. The Morgan fingerprint density at radius 2 is 0.554 bits per heavy atom. The van der Waals surface area contributed by atoms with E-state index in [-0.39, 0.29) is 25.7 Å². The number of phosphoric ester groups is 2. The first-order chi connectivity index (χ1) is 44.4. The van der Waals surface area contributed by atoms with Gasteiger partial charge in [0.2, 0.25) is 0 Å². The van der Waals surface area contributed by atoms with Crippen LogP contribution >= 0.6 is 15.6 Å². The zero-order valence-corrected chi connectivity index (χ0v) is 61.6. The van der Waals surface area contributed by atoms with Crippen LogP contribution in [0.5, 0.6) is 0 Å². The summed E-state index contributed by atoms with van der Waals surface area (Å²) in [6.45, 7) is 9.47. The van der Waals surface area contributed by atoms with Crippen molar-refractivity contribution in [3.63, 3.8) is 0 Å². The van der Waals surface area contributed by atoms with E-state index in [4.69, 9.17) is 37.0 Å². The molecule has 0 aliphatic rings. The van der Waals surface area contributed by atoms with Crippen molar-refractivity contribution in [3.8, 4) is 0 Å². The number of carbonyl (C=O) groups excluding carboxylic acids is 4. The molecule has 19 heteroatoms. The number of carbonyl (C=O) groups is 4. The fraction of sp³-hybridized carbons (Fsp3) is 0.945. The van der Waals surface area contributed by atoms with Crippen molar-refractivity contribution in [3.05, 3.63) is 0 Å². The topological polar surface area (TPSA) is 237 Å². The summed E-state index contributed by atoms with van der Waals surface area (Å²) in [6.07, 6.45) is 51.6. The minimum atomic E-state index is -4.95.